The highest BCUT2D eigenvalue weighted by Gasteiger charge is 2.01. The summed E-state index contributed by atoms with van der Waals surface area (Å²) in [5, 5.41) is 8.38. The molecule has 6 N–H and O–H groups in total. The monoisotopic (exact) mass is 121 g/mol. The summed E-state index contributed by atoms with van der Waals surface area (Å²) >= 11 is 0. The lowest BCUT2D eigenvalue weighted by Gasteiger charge is -2.08. The molecule has 0 rings (SSSR count). The van der Waals surface area contributed by atoms with Crippen LogP contribution in [0.4, 0.5) is 0 Å². The van der Waals surface area contributed by atoms with E-state index >= 15 is 0 Å². The van der Waals surface area contributed by atoms with Crippen LogP contribution in [0.5, 0.6) is 0 Å². The van der Waals surface area contributed by atoms with Crippen LogP contribution in [-0.2, 0) is 4.84 Å². The van der Waals surface area contributed by atoms with Crippen molar-refractivity contribution in [3.05, 3.63) is 0 Å². The second-order valence-corrected chi connectivity index (χ2v) is 1.38. The van der Waals surface area contributed by atoms with Crippen molar-refractivity contribution >= 4 is 0 Å². The third-order valence-corrected chi connectivity index (χ3v) is 0.753. The van der Waals surface area contributed by atoms with E-state index in [0.29, 0.717) is 0 Å². The maximum atomic E-state index is 8.38. The van der Waals surface area contributed by atoms with Crippen LogP contribution in [0.1, 0.15) is 0 Å². The van der Waals surface area contributed by atoms with Gasteiger partial charge in [-0.3, -0.25) is 11.3 Å². The lowest BCUT2D eigenvalue weighted by atomic mass is 10.4. The molecule has 0 aliphatic heterocycles. The van der Waals surface area contributed by atoms with Gasteiger partial charge in [-0.15, -0.1) is 0 Å². The molecule has 0 saturated carbocycles. The third kappa shape index (κ3) is 2.89. The summed E-state index contributed by atoms with van der Waals surface area (Å²) in [4.78, 5) is 4.18. The maximum Gasteiger partial charge on any atom is 0.0868 e. The van der Waals surface area contributed by atoms with Crippen molar-refractivity contribution in [2.45, 2.75) is 6.04 Å². The zero-order valence-electron chi connectivity index (χ0n) is 4.50. The Kier molecular flexibility index (Phi) is 4.82. The number of hydrazine groups is 1. The van der Waals surface area contributed by atoms with Gasteiger partial charge < -0.3 is 9.94 Å². The highest BCUT2D eigenvalue weighted by molar-refractivity contribution is 4.57. The van der Waals surface area contributed by atoms with Crippen molar-refractivity contribution in [2.24, 2.45) is 11.7 Å². The lowest BCUT2D eigenvalue weighted by molar-refractivity contribution is 0.0901. The molecule has 0 saturated heterocycles. The second-order valence-electron chi connectivity index (χ2n) is 1.38. The molecule has 0 spiro atoms. The van der Waals surface area contributed by atoms with Crippen LogP contribution >= 0.6 is 0 Å². The smallest absolute Gasteiger partial charge is 0.0868 e. The van der Waals surface area contributed by atoms with E-state index in [1.807, 2.05) is 0 Å². The van der Waals surface area contributed by atoms with Gasteiger partial charge in [-0.25, -0.2) is 5.90 Å². The van der Waals surface area contributed by atoms with E-state index in [2.05, 4.69) is 16.2 Å². The Morgan fingerprint density at radius 1 is 1.75 bits per heavy atom. The molecule has 0 aromatic carbocycles. The first-order valence-corrected chi connectivity index (χ1v) is 2.23. The molecule has 0 amide bonds. The molecule has 0 fully saturated rings. The van der Waals surface area contributed by atoms with Crippen LogP contribution in [0.25, 0.3) is 0 Å². The molecule has 0 bridgehead atoms. The number of nitrogens with one attached hydrogen (secondary N) is 1. The van der Waals surface area contributed by atoms with E-state index < -0.39 is 0 Å². The predicted molar refractivity (Wildman–Crippen MR) is 28.3 cm³/mol. The van der Waals surface area contributed by atoms with Crippen LogP contribution in [0.3, 0.4) is 0 Å². The van der Waals surface area contributed by atoms with Gasteiger partial charge in [-0.1, -0.05) is 0 Å². The summed E-state index contributed by atoms with van der Waals surface area (Å²) in [7, 11) is 0. The Morgan fingerprint density at radius 2 is 2.38 bits per heavy atom. The Balaban J connectivity index is 3.07. The first kappa shape index (κ1) is 7.80. The Bertz CT molecular complexity index is 47.8. The van der Waals surface area contributed by atoms with E-state index in [-0.39, 0.29) is 19.3 Å². The maximum absolute atomic E-state index is 8.38. The van der Waals surface area contributed by atoms with Gasteiger partial charge in [0.2, 0.25) is 0 Å². The molecular formula is C3H11N3O2. The SMILES string of the molecule is NNC(CO)CON. The van der Waals surface area contributed by atoms with Gasteiger partial charge in [0, 0.05) is 0 Å². The van der Waals surface area contributed by atoms with Crippen molar-refractivity contribution in [1.82, 2.24) is 5.43 Å². The van der Waals surface area contributed by atoms with Crippen LogP contribution in [0, 0.1) is 0 Å². The van der Waals surface area contributed by atoms with Gasteiger partial charge in [0.1, 0.15) is 0 Å². The predicted octanol–water partition coefficient (Wildman–Crippen LogP) is -2.30. The number of hydrogen-bond acceptors (Lipinski definition) is 5. The fourth-order valence-corrected chi connectivity index (χ4v) is 0.270. The average Bonchev–Trinajstić information content (AvgIpc) is 1.83. The molecule has 0 aromatic rings. The van der Waals surface area contributed by atoms with Crippen LogP contribution in [0.15, 0.2) is 0 Å². The number of hydrogen-bond donors (Lipinski definition) is 4. The summed E-state index contributed by atoms with van der Waals surface area (Å²) in [6.07, 6.45) is 0. The highest BCUT2D eigenvalue weighted by Crippen LogP contribution is 1.75. The minimum Gasteiger partial charge on any atom is -0.395 e. The molecule has 5 nitrogen and oxygen atoms in total. The van der Waals surface area contributed by atoms with Gasteiger partial charge >= 0.3 is 0 Å². The summed E-state index contributed by atoms with van der Waals surface area (Å²) in [6, 6.07) is -0.264. The summed E-state index contributed by atoms with van der Waals surface area (Å²) in [6.45, 7) is 0.140. The Labute approximate surface area is 47.5 Å². The molecule has 0 aliphatic carbocycles. The van der Waals surface area contributed by atoms with Crippen LogP contribution in [-0.4, -0.2) is 24.4 Å². The van der Waals surface area contributed by atoms with Crippen molar-refractivity contribution in [3.63, 3.8) is 0 Å². The zero-order valence-corrected chi connectivity index (χ0v) is 4.50. The normalized spacial score (nSPS) is 13.9. The fourth-order valence-electron chi connectivity index (χ4n) is 0.270. The summed E-state index contributed by atoms with van der Waals surface area (Å²) in [5.41, 5.74) is 2.30. The lowest BCUT2D eigenvalue weighted by Crippen LogP contribution is -2.41. The van der Waals surface area contributed by atoms with Crippen molar-refractivity contribution < 1.29 is 9.94 Å². The Hall–Kier alpha value is -0.200. The topological polar surface area (TPSA) is 93.5 Å². The summed E-state index contributed by atoms with van der Waals surface area (Å²) in [5.74, 6) is 9.60. The molecule has 1 unspecified atom stereocenters. The van der Waals surface area contributed by atoms with Gasteiger partial charge in [0.05, 0.1) is 19.3 Å². The molecule has 5 heteroatoms. The van der Waals surface area contributed by atoms with E-state index in [4.69, 9.17) is 10.9 Å². The first-order chi connectivity index (χ1) is 3.85. The van der Waals surface area contributed by atoms with Gasteiger partial charge in [-0.2, -0.15) is 0 Å². The minimum atomic E-state index is -0.264. The molecule has 0 heterocycles. The van der Waals surface area contributed by atoms with Gasteiger partial charge in [0.15, 0.2) is 0 Å². The van der Waals surface area contributed by atoms with Crippen molar-refractivity contribution in [3.8, 4) is 0 Å². The van der Waals surface area contributed by atoms with E-state index in [9.17, 15) is 0 Å². The van der Waals surface area contributed by atoms with Gasteiger partial charge in [0.25, 0.3) is 0 Å². The number of rotatable bonds is 4. The van der Waals surface area contributed by atoms with Crippen LogP contribution < -0.4 is 17.2 Å². The van der Waals surface area contributed by atoms with Gasteiger partial charge in [-0.05, 0) is 0 Å². The largest absolute Gasteiger partial charge is 0.395 e. The molecular weight excluding hydrogens is 110 g/mol. The average molecular weight is 121 g/mol. The second kappa shape index (κ2) is 4.95. The minimum absolute atomic E-state index is 0.0757. The number of nitrogens with two attached hydrogens (primary N) is 2. The van der Waals surface area contributed by atoms with Crippen molar-refractivity contribution in [2.75, 3.05) is 13.2 Å². The van der Waals surface area contributed by atoms with Crippen molar-refractivity contribution in [1.29, 1.82) is 0 Å². The molecule has 0 aromatic heterocycles. The molecule has 1 atom stereocenters. The number of aliphatic hydroxyl groups excluding tert-OH is 1. The molecule has 50 valence electrons. The zero-order chi connectivity index (χ0) is 6.41. The molecule has 0 radical (unpaired) electrons. The first-order valence-electron chi connectivity index (χ1n) is 2.23. The third-order valence-electron chi connectivity index (χ3n) is 0.753. The fraction of sp³-hybridized carbons (Fsp3) is 1.00. The van der Waals surface area contributed by atoms with E-state index in [1.165, 1.54) is 0 Å². The highest BCUT2D eigenvalue weighted by atomic mass is 16.6. The van der Waals surface area contributed by atoms with E-state index in [0.717, 1.165) is 0 Å². The quantitative estimate of drug-likeness (QED) is 0.248. The number of aliphatic hydroxyl groups is 1. The standard InChI is InChI=1S/C3H11N3O2/c4-6-3(1-7)2-8-5/h3,6-7H,1-2,4-5H2. The van der Waals surface area contributed by atoms with E-state index in [1.54, 1.807) is 0 Å². The summed E-state index contributed by atoms with van der Waals surface area (Å²) < 4.78 is 0. The molecule has 8 heavy (non-hydrogen) atoms. The Morgan fingerprint density at radius 3 is 2.50 bits per heavy atom. The molecule has 0 aliphatic rings. The van der Waals surface area contributed by atoms with Crippen LogP contribution in [0.2, 0.25) is 0 Å².